The fraction of sp³-hybridized carbons (Fsp3) is 0.250. The van der Waals surface area contributed by atoms with Crippen LogP contribution in [0.3, 0.4) is 0 Å². The smallest absolute Gasteiger partial charge is 0.255 e. The summed E-state index contributed by atoms with van der Waals surface area (Å²) in [6, 6.07) is 15.8. The molecule has 2 amide bonds. The fourth-order valence-corrected chi connectivity index (χ4v) is 3.16. The predicted molar refractivity (Wildman–Crippen MR) is 104 cm³/mol. The Balaban J connectivity index is 1.49. The Hall–Kier alpha value is -2.88. The molecule has 3 rings (SSSR count). The molecule has 2 aromatic carbocycles. The quantitative estimate of drug-likeness (QED) is 0.881. The van der Waals surface area contributed by atoms with Crippen LogP contribution in [-0.2, 0) is 4.79 Å². The van der Waals surface area contributed by atoms with E-state index in [0.717, 1.165) is 0 Å². The fourth-order valence-electron chi connectivity index (χ4n) is 2.95. The van der Waals surface area contributed by atoms with Gasteiger partial charge in [-0.05, 0) is 36.4 Å². The average molecular weight is 383 g/mol. The van der Waals surface area contributed by atoms with Crippen LogP contribution in [0, 0.1) is 11.3 Å². The number of halogens is 1. The summed E-state index contributed by atoms with van der Waals surface area (Å²) in [4.78, 5) is 28.5. The van der Waals surface area contributed by atoms with Gasteiger partial charge in [-0.25, -0.2) is 0 Å². The Bertz CT molecular complexity index is 868. The van der Waals surface area contributed by atoms with Crippen LogP contribution >= 0.6 is 11.6 Å². The van der Waals surface area contributed by atoms with Gasteiger partial charge >= 0.3 is 0 Å². The molecule has 0 atom stereocenters. The van der Waals surface area contributed by atoms with Gasteiger partial charge in [-0.2, -0.15) is 5.26 Å². The van der Waals surface area contributed by atoms with E-state index in [-0.39, 0.29) is 18.4 Å². The number of amides is 2. The molecule has 0 spiro atoms. The normalized spacial score (nSPS) is 14.4. The third-order valence-electron chi connectivity index (χ3n) is 4.43. The van der Waals surface area contributed by atoms with Crippen LogP contribution in [-0.4, -0.2) is 54.3 Å². The summed E-state index contributed by atoms with van der Waals surface area (Å²) in [5, 5.41) is 12.1. The van der Waals surface area contributed by atoms with Crippen LogP contribution in [0.15, 0.2) is 48.5 Å². The third kappa shape index (κ3) is 4.85. The molecule has 1 heterocycles. The van der Waals surface area contributed by atoms with Gasteiger partial charge in [0.15, 0.2) is 0 Å². The zero-order valence-corrected chi connectivity index (χ0v) is 15.4. The predicted octanol–water partition coefficient (Wildman–Crippen LogP) is 2.61. The molecule has 0 unspecified atom stereocenters. The van der Waals surface area contributed by atoms with E-state index in [2.05, 4.69) is 5.32 Å². The highest BCUT2D eigenvalue weighted by atomic mass is 35.5. The van der Waals surface area contributed by atoms with Crippen LogP contribution < -0.4 is 5.32 Å². The maximum absolute atomic E-state index is 12.6. The van der Waals surface area contributed by atoms with Crippen molar-refractivity contribution in [3.8, 4) is 6.07 Å². The molecule has 1 aliphatic rings. The molecule has 1 N–H and O–H groups in total. The molecule has 138 valence electrons. The van der Waals surface area contributed by atoms with Gasteiger partial charge in [-0.15, -0.1) is 0 Å². The number of hydrogen-bond acceptors (Lipinski definition) is 4. The molecule has 1 fully saturated rings. The van der Waals surface area contributed by atoms with Crippen molar-refractivity contribution in [3.05, 3.63) is 64.7 Å². The number of benzene rings is 2. The highest BCUT2D eigenvalue weighted by Gasteiger charge is 2.24. The minimum absolute atomic E-state index is 0.0812. The lowest BCUT2D eigenvalue weighted by Crippen LogP contribution is -2.50. The van der Waals surface area contributed by atoms with Crippen molar-refractivity contribution in [1.82, 2.24) is 9.80 Å². The van der Waals surface area contributed by atoms with Crippen LogP contribution in [0.1, 0.15) is 15.9 Å². The number of nitrogens with one attached hydrogen (secondary N) is 1. The van der Waals surface area contributed by atoms with Gasteiger partial charge in [0.2, 0.25) is 5.91 Å². The molecular formula is C20H19ClN4O2. The van der Waals surface area contributed by atoms with Gasteiger partial charge < -0.3 is 10.2 Å². The molecule has 6 nitrogen and oxygen atoms in total. The molecule has 0 radical (unpaired) electrons. The van der Waals surface area contributed by atoms with Crippen molar-refractivity contribution in [2.24, 2.45) is 0 Å². The van der Waals surface area contributed by atoms with Gasteiger partial charge in [-0.1, -0.05) is 23.7 Å². The lowest BCUT2D eigenvalue weighted by Gasteiger charge is -2.34. The number of rotatable bonds is 4. The van der Waals surface area contributed by atoms with Gasteiger partial charge in [0.25, 0.3) is 5.91 Å². The molecule has 0 aromatic heterocycles. The lowest BCUT2D eigenvalue weighted by molar-refractivity contribution is -0.117. The van der Waals surface area contributed by atoms with E-state index in [0.29, 0.717) is 48.0 Å². The van der Waals surface area contributed by atoms with Crippen molar-refractivity contribution in [2.45, 2.75) is 0 Å². The summed E-state index contributed by atoms with van der Waals surface area (Å²) >= 11 is 6.10. The first kappa shape index (κ1) is 18.9. The van der Waals surface area contributed by atoms with E-state index in [1.54, 1.807) is 53.4 Å². The molecule has 7 heteroatoms. The molecule has 0 bridgehead atoms. The SMILES string of the molecule is N#Cc1ccc(NC(=O)CN2CCN(C(=O)c3ccccc3Cl)CC2)cc1. The number of piperazine rings is 1. The highest BCUT2D eigenvalue weighted by Crippen LogP contribution is 2.18. The number of carbonyl (C=O) groups excluding carboxylic acids is 2. The van der Waals surface area contributed by atoms with Crippen molar-refractivity contribution in [1.29, 1.82) is 5.26 Å². The summed E-state index contributed by atoms with van der Waals surface area (Å²) in [7, 11) is 0. The maximum atomic E-state index is 12.6. The summed E-state index contributed by atoms with van der Waals surface area (Å²) in [5.74, 6) is -0.201. The van der Waals surface area contributed by atoms with Gasteiger partial charge in [-0.3, -0.25) is 14.5 Å². The summed E-state index contributed by atoms with van der Waals surface area (Å²) in [6.45, 7) is 2.60. The minimum Gasteiger partial charge on any atom is -0.336 e. The molecule has 2 aromatic rings. The molecule has 0 saturated carbocycles. The minimum atomic E-state index is -0.120. The van der Waals surface area contributed by atoms with Gasteiger partial charge in [0.05, 0.1) is 28.8 Å². The van der Waals surface area contributed by atoms with Crippen molar-refractivity contribution >= 4 is 29.1 Å². The van der Waals surface area contributed by atoms with Crippen LogP contribution in [0.4, 0.5) is 5.69 Å². The van der Waals surface area contributed by atoms with Crippen molar-refractivity contribution in [3.63, 3.8) is 0 Å². The average Bonchev–Trinajstić information content (AvgIpc) is 2.69. The molecule has 1 saturated heterocycles. The second kappa shape index (κ2) is 8.67. The molecule has 0 aliphatic carbocycles. The summed E-state index contributed by atoms with van der Waals surface area (Å²) in [5.41, 5.74) is 1.71. The van der Waals surface area contributed by atoms with E-state index in [9.17, 15) is 9.59 Å². The van der Waals surface area contributed by atoms with Crippen molar-refractivity contribution < 1.29 is 9.59 Å². The van der Waals surface area contributed by atoms with Crippen LogP contribution in [0.5, 0.6) is 0 Å². The van der Waals surface area contributed by atoms with E-state index < -0.39 is 0 Å². The van der Waals surface area contributed by atoms with E-state index in [4.69, 9.17) is 16.9 Å². The second-order valence-corrected chi connectivity index (χ2v) is 6.69. The Morgan fingerprint density at radius 2 is 1.70 bits per heavy atom. The first-order valence-electron chi connectivity index (χ1n) is 8.63. The zero-order chi connectivity index (χ0) is 19.2. The topological polar surface area (TPSA) is 76.4 Å². The lowest BCUT2D eigenvalue weighted by atomic mass is 10.2. The summed E-state index contributed by atoms with van der Waals surface area (Å²) < 4.78 is 0. The van der Waals surface area contributed by atoms with E-state index >= 15 is 0 Å². The standard InChI is InChI=1S/C20H19ClN4O2/c21-18-4-2-1-3-17(18)20(27)25-11-9-24(10-12-25)14-19(26)23-16-7-5-15(13-22)6-8-16/h1-8H,9-12,14H2,(H,23,26). The number of nitriles is 1. The van der Waals surface area contributed by atoms with Gasteiger partial charge in [0, 0.05) is 31.9 Å². The van der Waals surface area contributed by atoms with Crippen LogP contribution in [0.25, 0.3) is 0 Å². The van der Waals surface area contributed by atoms with Gasteiger partial charge in [0.1, 0.15) is 0 Å². The first-order valence-corrected chi connectivity index (χ1v) is 9.01. The zero-order valence-electron chi connectivity index (χ0n) is 14.7. The monoisotopic (exact) mass is 382 g/mol. The van der Waals surface area contributed by atoms with E-state index in [1.807, 2.05) is 11.0 Å². The molecular weight excluding hydrogens is 364 g/mol. The third-order valence-corrected chi connectivity index (χ3v) is 4.76. The first-order chi connectivity index (χ1) is 13.1. The van der Waals surface area contributed by atoms with Crippen molar-refractivity contribution in [2.75, 3.05) is 38.0 Å². The Morgan fingerprint density at radius 1 is 1.04 bits per heavy atom. The Morgan fingerprint density at radius 3 is 2.33 bits per heavy atom. The number of nitrogens with zero attached hydrogens (tertiary/aromatic N) is 3. The second-order valence-electron chi connectivity index (χ2n) is 6.29. The van der Waals surface area contributed by atoms with E-state index in [1.165, 1.54) is 0 Å². The summed E-state index contributed by atoms with van der Waals surface area (Å²) in [6.07, 6.45) is 0. The largest absolute Gasteiger partial charge is 0.336 e. The number of anilines is 1. The Kier molecular flexibility index (Phi) is 6.07. The Labute approximate surface area is 162 Å². The highest BCUT2D eigenvalue weighted by molar-refractivity contribution is 6.33. The maximum Gasteiger partial charge on any atom is 0.255 e. The number of carbonyl (C=O) groups is 2. The molecule has 1 aliphatic heterocycles. The molecule has 27 heavy (non-hydrogen) atoms. The van der Waals surface area contributed by atoms with Crippen LogP contribution in [0.2, 0.25) is 5.02 Å². The number of hydrogen-bond donors (Lipinski definition) is 1.